The minimum absolute atomic E-state index is 0.0121. The van der Waals surface area contributed by atoms with Crippen LogP contribution < -0.4 is 10.6 Å². The smallest absolute Gasteiger partial charge is 0.433 e. The van der Waals surface area contributed by atoms with Gasteiger partial charge in [-0.2, -0.15) is 18.3 Å². The van der Waals surface area contributed by atoms with Gasteiger partial charge < -0.3 is 15.4 Å². The molecular weight excluding hydrogens is 439 g/mol. The van der Waals surface area contributed by atoms with Crippen molar-refractivity contribution < 1.29 is 22.7 Å². The summed E-state index contributed by atoms with van der Waals surface area (Å²) < 4.78 is 46.7. The van der Waals surface area contributed by atoms with Crippen LogP contribution in [0.2, 0.25) is 0 Å². The third-order valence-electron chi connectivity index (χ3n) is 7.02. The van der Waals surface area contributed by atoms with Crippen LogP contribution in [-0.4, -0.2) is 42.3 Å². The first kappa shape index (κ1) is 20.3. The fourth-order valence-corrected chi connectivity index (χ4v) is 5.24. The van der Waals surface area contributed by atoms with Gasteiger partial charge in [-0.3, -0.25) is 9.50 Å². The van der Waals surface area contributed by atoms with E-state index in [9.17, 15) is 18.0 Å². The molecule has 0 saturated heterocycles. The molecule has 3 heterocycles. The van der Waals surface area contributed by atoms with Gasteiger partial charge in [0.2, 0.25) is 5.95 Å². The van der Waals surface area contributed by atoms with Crippen molar-refractivity contribution in [1.29, 1.82) is 0 Å². The second kappa shape index (κ2) is 7.09. The standard InChI is InChI=1S/C21H22F3N7O2/c22-21(23,24)15-7-17-25-3-4-31(17)18(26-15)27-16-6-14(29-30-16)12-1-2-13(5-12)33-19(32)28-20-8-11(9-20)10-20/h3-4,6-7,11-13H,1-2,5,8-10H2,(H,28,32)(H2,26,27,29,30). The second-order valence-electron chi connectivity index (χ2n) is 9.37. The average molecular weight is 461 g/mol. The Bertz CT molecular complexity index is 1200. The van der Waals surface area contributed by atoms with Crippen molar-refractivity contribution >= 4 is 23.5 Å². The summed E-state index contributed by atoms with van der Waals surface area (Å²) in [7, 11) is 0. The van der Waals surface area contributed by atoms with Gasteiger partial charge in [-0.25, -0.2) is 14.8 Å². The van der Waals surface area contributed by atoms with E-state index < -0.39 is 11.9 Å². The van der Waals surface area contributed by atoms with E-state index in [0.717, 1.165) is 49.8 Å². The molecule has 0 aliphatic heterocycles. The average Bonchev–Trinajstić information content (AvgIpc) is 3.43. The molecule has 2 unspecified atom stereocenters. The number of amides is 1. The van der Waals surface area contributed by atoms with Gasteiger partial charge in [0.15, 0.2) is 11.5 Å². The Balaban J connectivity index is 1.11. The van der Waals surface area contributed by atoms with Crippen molar-refractivity contribution in [3.8, 4) is 0 Å². The van der Waals surface area contributed by atoms with Gasteiger partial charge in [0, 0.05) is 41.7 Å². The van der Waals surface area contributed by atoms with Gasteiger partial charge in [-0.1, -0.05) is 0 Å². The number of halogens is 3. The fourth-order valence-electron chi connectivity index (χ4n) is 5.24. The van der Waals surface area contributed by atoms with Gasteiger partial charge >= 0.3 is 12.3 Å². The normalized spacial score (nSPS) is 28.3. The highest BCUT2D eigenvalue weighted by Gasteiger charge is 2.57. The SMILES string of the molecule is O=C(NC12CC(C1)C2)OC1CCC(c2cc(Nc3nc(C(F)(F)F)cc4nccn34)n[nH]2)C1. The Hall–Kier alpha value is -3.31. The summed E-state index contributed by atoms with van der Waals surface area (Å²) in [4.78, 5) is 19.8. The minimum Gasteiger partial charge on any atom is -0.446 e. The highest BCUT2D eigenvalue weighted by Crippen LogP contribution is 2.57. The van der Waals surface area contributed by atoms with Crippen LogP contribution in [0.3, 0.4) is 0 Å². The van der Waals surface area contributed by atoms with E-state index in [2.05, 4.69) is 30.8 Å². The van der Waals surface area contributed by atoms with Crippen LogP contribution in [0.1, 0.15) is 55.8 Å². The molecule has 7 rings (SSSR count). The number of imidazole rings is 1. The second-order valence-corrected chi connectivity index (χ2v) is 9.37. The predicted molar refractivity (Wildman–Crippen MR) is 110 cm³/mol. The van der Waals surface area contributed by atoms with Crippen LogP contribution in [-0.2, 0) is 10.9 Å². The molecule has 2 bridgehead atoms. The van der Waals surface area contributed by atoms with E-state index in [1.54, 1.807) is 6.07 Å². The molecule has 9 nitrogen and oxygen atoms in total. The number of carbonyl (C=O) groups excluding carboxylic acids is 1. The molecule has 3 N–H and O–H groups in total. The number of alkyl carbamates (subject to hydrolysis) is 1. The van der Waals surface area contributed by atoms with Gasteiger partial charge in [0.1, 0.15) is 11.8 Å². The lowest BCUT2D eigenvalue weighted by molar-refractivity contribution is -0.141. The Morgan fingerprint density at radius 1 is 1.24 bits per heavy atom. The van der Waals surface area contributed by atoms with E-state index in [-0.39, 0.29) is 35.2 Å². The molecule has 1 amide bonds. The molecule has 0 spiro atoms. The number of rotatable bonds is 5. The molecule has 3 aromatic rings. The number of aromatic amines is 1. The number of aromatic nitrogens is 5. The summed E-state index contributed by atoms with van der Waals surface area (Å²) in [5, 5.41) is 13.0. The maximum absolute atomic E-state index is 13.2. The first-order valence-electron chi connectivity index (χ1n) is 11.0. The van der Waals surface area contributed by atoms with Crippen molar-refractivity contribution in [2.45, 2.75) is 62.3 Å². The largest absolute Gasteiger partial charge is 0.446 e. The van der Waals surface area contributed by atoms with E-state index >= 15 is 0 Å². The van der Waals surface area contributed by atoms with Crippen LogP contribution >= 0.6 is 0 Å². The van der Waals surface area contributed by atoms with Crippen molar-refractivity contribution in [3.63, 3.8) is 0 Å². The number of ether oxygens (including phenoxy) is 1. The molecule has 3 aromatic heterocycles. The Kier molecular flexibility index (Phi) is 4.36. The number of nitrogens with one attached hydrogen (secondary N) is 3. The molecule has 174 valence electrons. The van der Waals surface area contributed by atoms with E-state index in [1.807, 2.05) is 0 Å². The molecule has 0 radical (unpaired) electrons. The lowest BCUT2D eigenvalue weighted by atomic mass is 9.50. The maximum Gasteiger partial charge on any atom is 0.433 e. The summed E-state index contributed by atoms with van der Waals surface area (Å²) in [6.07, 6.45) is 3.24. The van der Waals surface area contributed by atoms with Crippen molar-refractivity contribution in [2.24, 2.45) is 5.92 Å². The quantitative estimate of drug-likeness (QED) is 0.527. The van der Waals surface area contributed by atoms with Crippen molar-refractivity contribution in [3.05, 3.63) is 35.9 Å². The lowest BCUT2D eigenvalue weighted by Gasteiger charge is -2.61. The van der Waals surface area contributed by atoms with Gasteiger partial charge in [0.25, 0.3) is 0 Å². The maximum atomic E-state index is 13.2. The summed E-state index contributed by atoms with van der Waals surface area (Å²) in [5.41, 5.74) is -0.0879. The lowest BCUT2D eigenvalue weighted by Crippen LogP contribution is -2.68. The van der Waals surface area contributed by atoms with Crippen LogP contribution in [0.4, 0.5) is 29.7 Å². The number of anilines is 2. The molecule has 33 heavy (non-hydrogen) atoms. The number of hydrogen-bond donors (Lipinski definition) is 3. The molecular formula is C21H22F3N7O2. The number of nitrogens with zero attached hydrogens (tertiary/aromatic N) is 4. The van der Waals surface area contributed by atoms with Crippen LogP contribution in [0, 0.1) is 5.92 Å². The zero-order chi connectivity index (χ0) is 22.8. The van der Waals surface area contributed by atoms with Crippen LogP contribution in [0.25, 0.3) is 5.65 Å². The third-order valence-corrected chi connectivity index (χ3v) is 7.02. The van der Waals surface area contributed by atoms with Crippen LogP contribution in [0.15, 0.2) is 24.5 Å². The summed E-state index contributed by atoms with van der Waals surface area (Å²) in [6, 6.07) is 2.64. The molecule has 2 atom stereocenters. The molecule has 4 saturated carbocycles. The Morgan fingerprint density at radius 3 is 2.79 bits per heavy atom. The molecule has 4 fully saturated rings. The van der Waals surface area contributed by atoms with E-state index in [1.165, 1.54) is 16.8 Å². The van der Waals surface area contributed by atoms with Gasteiger partial charge in [0.05, 0.1) is 0 Å². The Morgan fingerprint density at radius 2 is 2.06 bits per heavy atom. The molecule has 12 heteroatoms. The predicted octanol–water partition coefficient (Wildman–Crippen LogP) is 4.13. The Labute approximate surface area is 186 Å². The van der Waals surface area contributed by atoms with Crippen molar-refractivity contribution in [2.75, 3.05) is 5.32 Å². The van der Waals surface area contributed by atoms with E-state index in [4.69, 9.17) is 4.74 Å². The summed E-state index contributed by atoms with van der Waals surface area (Å²) >= 11 is 0. The topological polar surface area (TPSA) is 109 Å². The van der Waals surface area contributed by atoms with Crippen LogP contribution in [0.5, 0.6) is 0 Å². The highest BCUT2D eigenvalue weighted by atomic mass is 19.4. The summed E-state index contributed by atoms with van der Waals surface area (Å²) in [5.74, 6) is 1.20. The van der Waals surface area contributed by atoms with Gasteiger partial charge in [-0.05, 0) is 44.4 Å². The third kappa shape index (κ3) is 3.66. The minimum atomic E-state index is -4.59. The molecule has 4 aliphatic rings. The van der Waals surface area contributed by atoms with E-state index in [0.29, 0.717) is 12.2 Å². The molecule has 0 aromatic carbocycles. The first-order valence-corrected chi connectivity index (χ1v) is 11.0. The molecule has 4 aliphatic carbocycles. The highest BCUT2D eigenvalue weighted by molar-refractivity contribution is 5.69. The number of hydrogen-bond acceptors (Lipinski definition) is 6. The monoisotopic (exact) mass is 461 g/mol. The number of carbonyl (C=O) groups is 1. The number of H-pyrrole nitrogens is 1. The number of alkyl halides is 3. The first-order chi connectivity index (χ1) is 15.8. The zero-order valence-electron chi connectivity index (χ0n) is 17.5. The van der Waals surface area contributed by atoms with Gasteiger partial charge in [-0.15, -0.1) is 0 Å². The van der Waals surface area contributed by atoms with Crippen molar-refractivity contribution in [1.82, 2.24) is 29.9 Å². The zero-order valence-corrected chi connectivity index (χ0v) is 17.5. The fraction of sp³-hybridized carbons (Fsp3) is 0.524. The number of fused-ring (bicyclic) bond motifs is 1. The summed E-state index contributed by atoms with van der Waals surface area (Å²) in [6.45, 7) is 0.